The molecule has 1 rings (SSSR count). The highest BCUT2D eigenvalue weighted by Crippen LogP contribution is 2.28. The number of ketones is 1. The van der Waals surface area contributed by atoms with Crippen molar-refractivity contribution in [3.63, 3.8) is 0 Å². The van der Waals surface area contributed by atoms with Crippen LogP contribution >= 0.6 is 0 Å². The molecule has 0 amide bonds. The van der Waals surface area contributed by atoms with E-state index in [2.05, 4.69) is 0 Å². The van der Waals surface area contributed by atoms with Gasteiger partial charge in [0.25, 0.3) is 0 Å². The zero-order chi connectivity index (χ0) is 11.4. The Hall–Kier alpha value is -2.02. The molecule has 1 N–H and O–H groups in total. The minimum Gasteiger partial charge on any atom is -0.506 e. The maximum Gasteiger partial charge on any atom is 0.163 e. The van der Waals surface area contributed by atoms with E-state index < -0.39 is 0 Å². The van der Waals surface area contributed by atoms with E-state index in [0.29, 0.717) is 17.9 Å². The third-order valence-corrected chi connectivity index (χ3v) is 1.90. The van der Waals surface area contributed by atoms with E-state index in [1.165, 1.54) is 19.1 Å². The molecular formula is C11H11NO3. The number of hydrogen-bond acceptors (Lipinski definition) is 4. The normalized spacial score (nSPS) is 9.40. The SMILES string of the molecule is CCOc1cc(O)c(C#N)cc1C(C)=O. The van der Waals surface area contributed by atoms with E-state index in [-0.39, 0.29) is 17.1 Å². The Bertz CT molecular complexity index is 432. The molecule has 4 heteroatoms. The highest BCUT2D eigenvalue weighted by Gasteiger charge is 2.13. The summed E-state index contributed by atoms with van der Waals surface area (Å²) in [5.74, 6) is -0.0672. The minimum absolute atomic E-state index is 0.0728. The van der Waals surface area contributed by atoms with Crippen LogP contribution in [-0.2, 0) is 0 Å². The fourth-order valence-corrected chi connectivity index (χ4v) is 1.21. The highest BCUT2D eigenvalue weighted by atomic mass is 16.5. The van der Waals surface area contributed by atoms with Gasteiger partial charge in [0.1, 0.15) is 17.6 Å². The zero-order valence-electron chi connectivity index (χ0n) is 8.57. The molecule has 0 heterocycles. The third kappa shape index (κ3) is 2.26. The average molecular weight is 205 g/mol. The fourth-order valence-electron chi connectivity index (χ4n) is 1.21. The molecule has 1 aromatic carbocycles. The first-order valence-electron chi connectivity index (χ1n) is 4.51. The standard InChI is InChI=1S/C11H11NO3/c1-3-15-11-5-10(14)8(6-12)4-9(11)7(2)13/h4-5,14H,3H2,1-2H3. The second kappa shape index (κ2) is 4.47. The predicted molar refractivity (Wildman–Crippen MR) is 54.0 cm³/mol. The third-order valence-electron chi connectivity index (χ3n) is 1.90. The van der Waals surface area contributed by atoms with Crippen LogP contribution < -0.4 is 4.74 Å². The first-order valence-corrected chi connectivity index (χ1v) is 4.51. The number of nitriles is 1. The van der Waals surface area contributed by atoms with Crippen LogP contribution in [0.5, 0.6) is 11.5 Å². The number of nitrogens with zero attached hydrogens (tertiary/aromatic N) is 1. The molecule has 0 atom stereocenters. The van der Waals surface area contributed by atoms with Crippen molar-refractivity contribution in [1.82, 2.24) is 0 Å². The van der Waals surface area contributed by atoms with Gasteiger partial charge in [-0.3, -0.25) is 4.79 Å². The molecule has 1 aromatic rings. The van der Waals surface area contributed by atoms with Crippen LogP contribution in [-0.4, -0.2) is 17.5 Å². The van der Waals surface area contributed by atoms with E-state index in [4.69, 9.17) is 10.00 Å². The van der Waals surface area contributed by atoms with E-state index in [1.54, 1.807) is 13.0 Å². The number of phenolic OH excluding ortho intramolecular Hbond substituents is 1. The monoisotopic (exact) mass is 205 g/mol. The molecule has 0 aromatic heterocycles. The number of Topliss-reactive ketones (excluding diaryl/α,β-unsaturated/α-hetero) is 1. The summed E-state index contributed by atoms with van der Waals surface area (Å²) in [6.07, 6.45) is 0. The molecule has 0 spiro atoms. The number of phenols is 1. The van der Waals surface area contributed by atoms with Crippen LogP contribution in [0.2, 0.25) is 0 Å². The summed E-state index contributed by atoms with van der Waals surface area (Å²) in [6.45, 7) is 3.56. The molecule has 0 aliphatic rings. The van der Waals surface area contributed by atoms with Crippen LogP contribution in [0.4, 0.5) is 0 Å². The summed E-state index contributed by atoms with van der Waals surface area (Å²) < 4.78 is 5.19. The molecule has 15 heavy (non-hydrogen) atoms. The van der Waals surface area contributed by atoms with Gasteiger partial charge in [-0.05, 0) is 19.9 Å². The topological polar surface area (TPSA) is 70.3 Å². The van der Waals surface area contributed by atoms with Crippen molar-refractivity contribution >= 4 is 5.78 Å². The number of carbonyl (C=O) groups is 1. The highest BCUT2D eigenvalue weighted by molar-refractivity contribution is 5.97. The molecule has 0 unspecified atom stereocenters. The second-order valence-electron chi connectivity index (χ2n) is 2.97. The van der Waals surface area contributed by atoms with Gasteiger partial charge >= 0.3 is 0 Å². The maximum absolute atomic E-state index is 11.2. The summed E-state index contributed by atoms with van der Waals surface area (Å²) in [7, 11) is 0. The van der Waals surface area contributed by atoms with Gasteiger partial charge in [0, 0.05) is 6.07 Å². The van der Waals surface area contributed by atoms with Gasteiger partial charge < -0.3 is 9.84 Å². The van der Waals surface area contributed by atoms with Crippen LogP contribution in [0.3, 0.4) is 0 Å². The van der Waals surface area contributed by atoms with Crippen LogP contribution in [0, 0.1) is 11.3 Å². The quantitative estimate of drug-likeness (QED) is 0.764. The number of hydrogen-bond donors (Lipinski definition) is 1. The van der Waals surface area contributed by atoms with Crippen LogP contribution in [0.15, 0.2) is 12.1 Å². The van der Waals surface area contributed by atoms with Crippen molar-refractivity contribution in [2.75, 3.05) is 6.61 Å². The molecule has 0 saturated carbocycles. The van der Waals surface area contributed by atoms with Gasteiger partial charge in [0.2, 0.25) is 0 Å². The summed E-state index contributed by atoms with van der Waals surface area (Å²) in [6, 6.07) is 4.43. The zero-order valence-corrected chi connectivity index (χ0v) is 8.57. The van der Waals surface area contributed by atoms with Crippen molar-refractivity contribution < 1.29 is 14.6 Å². The van der Waals surface area contributed by atoms with E-state index >= 15 is 0 Å². The Morgan fingerprint density at radius 3 is 2.73 bits per heavy atom. The summed E-state index contributed by atoms with van der Waals surface area (Å²) in [5.41, 5.74) is 0.384. The Labute approximate surface area is 87.7 Å². The van der Waals surface area contributed by atoms with E-state index in [1.807, 2.05) is 0 Å². The molecule has 0 radical (unpaired) electrons. The van der Waals surface area contributed by atoms with Gasteiger partial charge in [0.05, 0.1) is 17.7 Å². The molecule has 4 nitrogen and oxygen atoms in total. The van der Waals surface area contributed by atoms with Crippen molar-refractivity contribution in [1.29, 1.82) is 5.26 Å². The van der Waals surface area contributed by atoms with Gasteiger partial charge in [0.15, 0.2) is 5.78 Å². The number of carbonyl (C=O) groups excluding carboxylic acids is 1. The Kier molecular flexibility index (Phi) is 3.29. The van der Waals surface area contributed by atoms with Crippen molar-refractivity contribution in [3.8, 4) is 17.6 Å². The fraction of sp³-hybridized carbons (Fsp3) is 0.273. The van der Waals surface area contributed by atoms with Crippen molar-refractivity contribution in [2.45, 2.75) is 13.8 Å². The summed E-state index contributed by atoms with van der Waals surface area (Å²) >= 11 is 0. The molecule has 0 bridgehead atoms. The lowest BCUT2D eigenvalue weighted by Gasteiger charge is -2.09. The molecule has 0 aliphatic carbocycles. The van der Waals surface area contributed by atoms with Gasteiger partial charge in [-0.25, -0.2) is 0 Å². The Morgan fingerprint density at radius 1 is 1.60 bits per heavy atom. The van der Waals surface area contributed by atoms with Crippen LogP contribution in [0.25, 0.3) is 0 Å². The Morgan fingerprint density at radius 2 is 2.27 bits per heavy atom. The average Bonchev–Trinajstić information content (AvgIpc) is 2.18. The molecule has 0 aliphatic heterocycles. The number of ether oxygens (including phenoxy) is 1. The molecule has 0 fully saturated rings. The number of benzene rings is 1. The second-order valence-corrected chi connectivity index (χ2v) is 2.97. The van der Waals surface area contributed by atoms with Crippen molar-refractivity contribution in [3.05, 3.63) is 23.3 Å². The molecule has 78 valence electrons. The lowest BCUT2D eigenvalue weighted by Crippen LogP contribution is -2.01. The maximum atomic E-state index is 11.2. The number of rotatable bonds is 3. The smallest absolute Gasteiger partial charge is 0.163 e. The first kappa shape index (κ1) is 11.1. The van der Waals surface area contributed by atoms with Crippen LogP contribution in [0.1, 0.15) is 29.8 Å². The predicted octanol–water partition coefficient (Wildman–Crippen LogP) is 1.87. The first-order chi connectivity index (χ1) is 7.10. The van der Waals surface area contributed by atoms with Gasteiger partial charge in [-0.15, -0.1) is 0 Å². The summed E-state index contributed by atoms with van der Waals surface area (Å²) in [5, 5.41) is 18.1. The number of aromatic hydroxyl groups is 1. The molecule has 0 saturated heterocycles. The van der Waals surface area contributed by atoms with Gasteiger partial charge in [-0.2, -0.15) is 5.26 Å². The summed E-state index contributed by atoms with van der Waals surface area (Å²) in [4.78, 5) is 11.2. The Balaban J connectivity index is 3.33. The minimum atomic E-state index is -0.199. The van der Waals surface area contributed by atoms with Crippen molar-refractivity contribution in [2.24, 2.45) is 0 Å². The molecular weight excluding hydrogens is 194 g/mol. The van der Waals surface area contributed by atoms with Gasteiger partial charge in [-0.1, -0.05) is 0 Å². The lowest BCUT2D eigenvalue weighted by molar-refractivity contribution is 0.101. The van der Waals surface area contributed by atoms with E-state index in [0.717, 1.165) is 0 Å². The van der Waals surface area contributed by atoms with E-state index in [9.17, 15) is 9.90 Å². The largest absolute Gasteiger partial charge is 0.506 e. The lowest BCUT2D eigenvalue weighted by atomic mass is 10.1.